The molecule has 32 heavy (non-hydrogen) atoms. The van der Waals surface area contributed by atoms with Gasteiger partial charge in [-0.05, 0) is 19.1 Å². The number of carbonyl (C=O) groups is 1. The third-order valence-corrected chi connectivity index (χ3v) is 6.32. The first-order valence-electron chi connectivity index (χ1n) is 8.89. The van der Waals surface area contributed by atoms with Crippen molar-refractivity contribution < 1.29 is 9.72 Å². The molecule has 0 unspecified atom stereocenters. The smallest absolute Gasteiger partial charge is 0.269 e. The summed E-state index contributed by atoms with van der Waals surface area (Å²) in [6, 6.07) is 8.88. The molecule has 2 heterocycles. The zero-order valence-electron chi connectivity index (χ0n) is 16.1. The van der Waals surface area contributed by atoms with Crippen molar-refractivity contribution in [1.82, 2.24) is 4.98 Å². The van der Waals surface area contributed by atoms with Crippen molar-refractivity contribution in [3.63, 3.8) is 0 Å². The molecule has 0 saturated heterocycles. The lowest BCUT2D eigenvalue weighted by Crippen LogP contribution is -2.29. The summed E-state index contributed by atoms with van der Waals surface area (Å²) in [4.78, 5) is 27.7. The van der Waals surface area contributed by atoms with Crippen LogP contribution in [0.1, 0.15) is 6.92 Å². The fourth-order valence-electron chi connectivity index (χ4n) is 2.81. The van der Waals surface area contributed by atoms with Crippen LogP contribution < -0.4 is 5.01 Å². The van der Waals surface area contributed by atoms with Crippen molar-refractivity contribution in [3.05, 3.63) is 66.4 Å². The Hall–Kier alpha value is -2.73. The van der Waals surface area contributed by atoms with E-state index >= 15 is 0 Å². The zero-order valence-corrected chi connectivity index (χ0v) is 20.0. The minimum Gasteiger partial charge on any atom is -0.269 e. The maximum absolute atomic E-state index is 12.9. The molecule has 0 fully saturated rings. The topological polar surface area (TPSA) is 113 Å². The minimum atomic E-state index is -0.989. The van der Waals surface area contributed by atoms with Gasteiger partial charge in [-0.3, -0.25) is 14.9 Å². The summed E-state index contributed by atoms with van der Waals surface area (Å²) in [7, 11) is 0. The van der Waals surface area contributed by atoms with E-state index in [1.807, 2.05) is 29.6 Å². The second-order valence-electron chi connectivity index (χ2n) is 6.55. The number of carbonyl (C=O) groups excluding carboxylic acids is 1. The Morgan fingerprint density at radius 2 is 1.88 bits per heavy atom. The third-order valence-electron chi connectivity index (χ3n) is 4.40. The van der Waals surface area contributed by atoms with E-state index in [0.29, 0.717) is 16.5 Å². The third kappa shape index (κ3) is 4.42. The van der Waals surface area contributed by atoms with Gasteiger partial charge in [-0.15, -0.1) is 11.3 Å². The number of hydrazone groups is 1. The van der Waals surface area contributed by atoms with Crippen molar-refractivity contribution in [1.29, 1.82) is 0 Å². The second kappa shape index (κ2) is 9.02. The van der Waals surface area contributed by atoms with E-state index in [1.165, 1.54) is 16.3 Å². The van der Waals surface area contributed by atoms with Gasteiger partial charge in [0.05, 0.1) is 26.4 Å². The van der Waals surface area contributed by atoms with Crippen LogP contribution >= 0.6 is 50.5 Å². The lowest BCUT2D eigenvalue weighted by atomic mass is 10.2. The standard InChI is InChI=1S/C19H11BrCl2N6O3S/c1-9-16(24-25-17-13(21)6-12(28(30)31)7-14(17)22)18(29)27(26-9)19-23-15(8-32-19)10-2-4-11(20)5-3-10/h2-8,16H,1H3/t16-/m1/s1. The van der Waals surface area contributed by atoms with Crippen molar-refractivity contribution >= 4 is 78.6 Å². The number of rotatable bonds is 5. The van der Waals surface area contributed by atoms with Crippen LogP contribution in [0.4, 0.5) is 16.5 Å². The molecule has 1 aliphatic rings. The van der Waals surface area contributed by atoms with Crippen LogP contribution in [0, 0.1) is 10.1 Å². The highest BCUT2D eigenvalue weighted by Crippen LogP contribution is 2.38. The van der Waals surface area contributed by atoms with E-state index in [-0.39, 0.29) is 21.4 Å². The van der Waals surface area contributed by atoms with Crippen LogP contribution in [0.25, 0.3) is 11.3 Å². The first kappa shape index (κ1) is 22.5. The number of halogens is 3. The number of nitrogens with zero attached hydrogens (tertiary/aromatic N) is 6. The van der Waals surface area contributed by atoms with E-state index in [2.05, 4.69) is 36.2 Å². The van der Waals surface area contributed by atoms with Gasteiger partial charge in [0.25, 0.3) is 11.6 Å². The van der Waals surface area contributed by atoms with Crippen LogP contribution in [0.15, 0.2) is 61.6 Å². The molecule has 2 aromatic carbocycles. The predicted octanol–water partition coefficient (Wildman–Crippen LogP) is 6.66. The Kier molecular flexibility index (Phi) is 6.33. The summed E-state index contributed by atoms with van der Waals surface area (Å²) in [5, 5.41) is 26.5. The lowest BCUT2D eigenvalue weighted by molar-refractivity contribution is -0.384. The van der Waals surface area contributed by atoms with Gasteiger partial charge in [-0.2, -0.15) is 20.3 Å². The Balaban J connectivity index is 1.56. The Bertz CT molecular complexity index is 1270. The molecule has 13 heteroatoms. The fraction of sp³-hybridized carbons (Fsp3) is 0.105. The molecule has 1 aliphatic heterocycles. The lowest BCUT2D eigenvalue weighted by Gasteiger charge is -2.08. The van der Waals surface area contributed by atoms with Gasteiger partial charge < -0.3 is 0 Å². The van der Waals surface area contributed by atoms with E-state index in [1.54, 1.807) is 6.92 Å². The van der Waals surface area contributed by atoms with Crippen LogP contribution in [0.2, 0.25) is 10.0 Å². The Labute approximate surface area is 203 Å². The molecule has 162 valence electrons. The number of benzene rings is 2. The Morgan fingerprint density at radius 3 is 2.50 bits per heavy atom. The largest absolute Gasteiger partial charge is 0.282 e. The van der Waals surface area contributed by atoms with Gasteiger partial charge in [-0.25, -0.2) is 4.98 Å². The van der Waals surface area contributed by atoms with Crippen molar-refractivity contribution in [3.8, 4) is 11.3 Å². The summed E-state index contributed by atoms with van der Waals surface area (Å²) in [6.07, 6.45) is 0. The summed E-state index contributed by atoms with van der Waals surface area (Å²) in [5.74, 6) is -0.433. The predicted molar refractivity (Wildman–Crippen MR) is 127 cm³/mol. The number of nitro groups is 1. The highest BCUT2D eigenvalue weighted by Gasteiger charge is 2.36. The normalized spacial score (nSPS) is 16.1. The summed E-state index contributed by atoms with van der Waals surface area (Å²) < 4.78 is 0.952. The number of hydrogen-bond acceptors (Lipinski definition) is 8. The van der Waals surface area contributed by atoms with Crippen LogP contribution in [0.5, 0.6) is 0 Å². The van der Waals surface area contributed by atoms with E-state index in [0.717, 1.165) is 22.2 Å². The minimum absolute atomic E-state index is 0.0322. The zero-order chi connectivity index (χ0) is 23.0. The van der Waals surface area contributed by atoms with Crippen LogP contribution in [-0.2, 0) is 4.79 Å². The van der Waals surface area contributed by atoms with Crippen molar-refractivity contribution in [2.45, 2.75) is 13.0 Å². The molecule has 0 spiro atoms. The average molecular weight is 554 g/mol. The number of hydrogen-bond donors (Lipinski definition) is 0. The molecule has 0 saturated carbocycles. The number of thiazole rings is 1. The van der Waals surface area contributed by atoms with Gasteiger partial charge in [0, 0.05) is 27.5 Å². The van der Waals surface area contributed by atoms with Crippen molar-refractivity contribution in [2.75, 3.05) is 5.01 Å². The highest BCUT2D eigenvalue weighted by atomic mass is 79.9. The quantitative estimate of drug-likeness (QED) is 0.199. The number of azo groups is 1. The fourth-order valence-corrected chi connectivity index (χ4v) is 4.41. The molecule has 0 bridgehead atoms. The Morgan fingerprint density at radius 1 is 1.22 bits per heavy atom. The van der Waals surface area contributed by atoms with Gasteiger partial charge in [-0.1, -0.05) is 51.3 Å². The molecule has 0 N–H and O–H groups in total. The molecular formula is C19H11BrCl2N6O3S. The van der Waals surface area contributed by atoms with E-state index in [9.17, 15) is 14.9 Å². The summed E-state index contributed by atoms with van der Waals surface area (Å²) >= 11 is 16.8. The number of anilines is 1. The number of non-ortho nitro benzene ring substituents is 1. The summed E-state index contributed by atoms with van der Waals surface area (Å²) in [6.45, 7) is 1.64. The molecule has 9 nitrogen and oxygen atoms in total. The molecule has 3 aromatic rings. The maximum atomic E-state index is 12.9. The molecule has 0 radical (unpaired) electrons. The number of nitro benzene ring substituents is 1. The van der Waals surface area contributed by atoms with Gasteiger partial charge in [0.1, 0.15) is 5.69 Å². The van der Waals surface area contributed by atoms with E-state index in [4.69, 9.17) is 23.2 Å². The molecule has 1 amide bonds. The van der Waals surface area contributed by atoms with Gasteiger partial charge >= 0.3 is 0 Å². The molecule has 1 atom stereocenters. The van der Waals surface area contributed by atoms with Gasteiger partial charge in [0.2, 0.25) is 5.13 Å². The van der Waals surface area contributed by atoms with Crippen LogP contribution in [-0.4, -0.2) is 27.6 Å². The van der Waals surface area contributed by atoms with Gasteiger partial charge in [0.15, 0.2) is 6.04 Å². The van der Waals surface area contributed by atoms with Crippen molar-refractivity contribution in [2.24, 2.45) is 15.3 Å². The highest BCUT2D eigenvalue weighted by molar-refractivity contribution is 9.10. The first-order valence-corrected chi connectivity index (χ1v) is 11.3. The maximum Gasteiger partial charge on any atom is 0.282 e. The molecule has 0 aliphatic carbocycles. The van der Waals surface area contributed by atoms with Crippen LogP contribution in [0.3, 0.4) is 0 Å². The summed E-state index contributed by atoms with van der Waals surface area (Å²) in [5.41, 5.74) is 1.79. The molecule has 4 rings (SSSR count). The average Bonchev–Trinajstić information content (AvgIpc) is 3.33. The van der Waals surface area contributed by atoms with E-state index < -0.39 is 16.9 Å². The second-order valence-corrected chi connectivity index (χ2v) is 9.11. The number of amides is 1. The molecular weight excluding hydrogens is 543 g/mol. The number of aromatic nitrogens is 1. The monoisotopic (exact) mass is 552 g/mol. The SMILES string of the molecule is CC1=NN(c2nc(-c3ccc(Br)cc3)cs2)C(=O)[C@@H]1N=Nc1c(Cl)cc([N+](=O)[O-])cc1Cl. The molecule has 1 aromatic heterocycles. The first-order chi connectivity index (χ1) is 15.2.